The number of amides is 1. The number of nitrogens with zero attached hydrogens (tertiary/aromatic N) is 1. The third-order valence-corrected chi connectivity index (χ3v) is 6.13. The van der Waals surface area contributed by atoms with Crippen LogP contribution >= 0.6 is 0 Å². The van der Waals surface area contributed by atoms with Crippen molar-refractivity contribution in [3.8, 4) is 11.5 Å². The van der Waals surface area contributed by atoms with E-state index in [-0.39, 0.29) is 11.3 Å². The molecule has 1 N–H and O–H groups in total. The fourth-order valence-electron chi connectivity index (χ4n) is 4.25. The third-order valence-electron chi connectivity index (χ3n) is 6.13. The van der Waals surface area contributed by atoms with Gasteiger partial charge in [-0.1, -0.05) is 12.1 Å². The Bertz CT molecular complexity index is 1360. The van der Waals surface area contributed by atoms with Crippen molar-refractivity contribution < 1.29 is 33.7 Å². The van der Waals surface area contributed by atoms with Gasteiger partial charge in [-0.05, 0) is 72.6 Å². The average molecular weight is 488 g/mol. The van der Waals surface area contributed by atoms with Gasteiger partial charge < -0.3 is 19.3 Å². The smallest absolute Gasteiger partial charge is 0.337 e. The van der Waals surface area contributed by atoms with Gasteiger partial charge in [-0.2, -0.15) is 0 Å². The summed E-state index contributed by atoms with van der Waals surface area (Å²) >= 11 is 0. The van der Waals surface area contributed by atoms with Crippen molar-refractivity contribution in [3.63, 3.8) is 0 Å². The third kappa shape index (κ3) is 4.29. The molecule has 0 saturated carbocycles. The number of hydrogen-bond acceptors (Lipinski definition) is 7. The van der Waals surface area contributed by atoms with Gasteiger partial charge in [0.2, 0.25) is 0 Å². The number of carbonyl (C=O) groups is 3. The van der Waals surface area contributed by atoms with Crippen molar-refractivity contribution in [2.24, 2.45) is 0 Å². The van der Waals surface area contributed by atoms with Gasteiger partial charge in [-0.3, -0.25) is 14.5 Å². The highest BCUT2D eigenvalue weighted by atomic mass is 16.5. The second-order valence-electron chi connectivity index (χ2n) is 8.16. The lowest BCUT2D eigenvalue weighted by Gasteiger charge is -2.26. The topological polar surface area (TPSA) is 102 Å². The maximum atomic E-state index is 13.3. The zero-order valence-corrected chi connectivity index (χ0v) is 20.3. The molecule has 1 atom stereocenters. The van der Waals surface area contributed by atoms with Gasteiger partial charge in [0.15, 0.2) is 0 Å². The van der Waals surface area contributed by atoms with Gasteiger partial charge in [0.05, 0.1) is 38.5 Å². The molecule has 1 aliphatic rings. The molecule has 1 aliphatic heterocycles. The molecule has 1 saturated heterocycles. The SMILES string of the molecule is COC(=O)c1ccc(N2C(=O)C(=O)/C(=C(\O)c3ccc(OC)cc3C)C2c2ccc(OC)cc2)cc1. The molecule has 1 heterocycles. The first kappa shape index (κ1) is 24.5. The van der Waals surface area contributed by atoms with Crippen LogP contribution in [0.25, 0.3) is 5.76 Å². The normalized spacial score (nSPS) is 16.7. The lowest BCUT2D eigenvalue weighted by Crippen LogP contribution is -2.29. The van der Waals surface area contributed by atoms with Crippen LogP contribution < -0.4 is 14.4 Å². The molecule has 8 nitrogen and oxygen atoms in total. The first-order valence-electron chi connectivity index (χ1n) is 11.1. The van der Waals surface area contributed by atoms with Gasteiger partial charge >= 0.3 is 5.97 Å². The van der Waals surface area contributed by atoms with Gasteiger partial charge in [0.25, 0.3) is 11.7 Å². The molecule has 0 aliphatic carbocycles. The van der Waals surface area contributed by atoms with E-state index in [1.807, 2.05) is 0 Å². The number of rotatable bonds is 6. The van der Waals surface area contributed by atoms with E-state index in [1.165, 1.54) is 38.4 Å². The van der Waals surface area contributed by atoms with E-state index in [0.717, 1.165) is 0 Å². The summed E-state index contributed by atoms with van der Waals surface area (Å²) in [5.41, 5.74) is 2.32. The minimum absolute atomic E-state index is 0.0459. The van der Waals surface area contributed by atoms with E-state index >= 15 is 0 Å². The molecule has 0 bridgehead atoms. The van der Waals surface area contributed by atoms with E-state index in [2.05, 4.69) is 0 Å². The van der Waals surface area contributed by atoms with Crippen LogP contribution in [0, 0.1) is 6.92 Å². The van der Waals surface area contributed by atoms with Crippen LogP contribution in [0.15, 0.2) is 72.3 Å². The Morgan fingerprint density at radius 1 is 0.861 bits per heavy atom. The molecule has 0 spiro atoms. The summed E-state index contributed by atoms with van der Waals surface area (Å²) < 4.78 is 15.2. The van der Waals surface area contributed by atoms with E-state index < -0.39 is 23.7 Å². The van der Waals surface area contributed by atoms with E-state index in [1.54, 1.807) is 61.5 Å². The van der Waals surface area contributed by atoms with Crippen LogP contribution in [-0.2, 0) is 14.3 Å². The van der Waals surface area contributed by atoms with Gasteiger partial charge in [-0.15, -0.1) is 0 Å². The first-order valence-corrected chi connectivity index (χ1v) is 11.1. The van der Waals surface area contributed by atoms with Crippen molar-refractivity contribution in [2.45, 2.75) is 13.0 Å². The fourth-order valence-corrected chi connectivity index (χ4v) is 4.25. The predicted octanol–water partition coefficient (Wildman–Crippen LogP) is 4.43. The van der Waals surface area contributed by atoms with Gasteiger partial charge in [0, 0.05) is 11.3 Å². The number of esters is 1. The monoisotopic (exact) mass is 487 g/mol. The maximum absolute atomic E-state index is 13.3. The number of methoxy groups -OCH3 is 3. The summed E-state index contributed by atoms with van der Waals surface area (Å²) in [4.78, 5) is 39.8. The Hall–Kier alpha value is -4.59. The molecule has 1 fully saturated rings. The first-order chi connectivity index (χ1) is 17.3. The highest BCUT2D eigenvalue weighted by Gasteiger charge is 2.47. The van der Waals surface area contributed by atoms with Crippen LogP contribution in [0.2, 0.25) is 0 Å². The lowest BCUT2D eigenvalue weighted by atomic mass is 9.93. The number of ether oxygens (including phenoxy) is 3. The number of hydrogen-bond donors (Lipinski definition) is 1. The van der Waals surface area contributed by atoms with Crippen molar-refractivity contribution in [1.82, 2.24) is 0 Å². The predicted molar refractivity (Wildman–Crippen MR) is 133 cm³/mol. The molecular formula is C28H25NO7. The Balaban J connectivity index is 1.90. The second-order valence-corrected chi connectivity index (χ2v) is 8.16. The Morgan fingerprint density at radius 2 is 1.47 bits per heavy atom. The average Bonchev–Trinajstić information content (AvgIpc) is 3.17. The van der Waals surface area contributed by atoms with Crippen molar-refractivity contribution in [1.29, 1.82) is 0 Å². The number of Topliss-reactive ketones (excluding diaryl/α,β-unsaturated/α-hetero) is 1. The van der Waals surface area contributed by atoms with Crippen LogP contribution in [0.1, 0.15) is 33.1 Å². The summed E-state index contributed by atoms with van der Waals surface area (Å²) in [7, 11) is 4.35. The standard InChI is InChI=1S/C28H25NO7/c1-16-15-21(35-3)13-14-22(16)25(30)23-24(17-7-11-20(34-2)12-8-17)29(27(32)26(23)31)19-9-5-18(6-10-19)28(33)36-4/h5-15,24,30H,1-4H3/b25-23-. The summed E-state index contributed by atoms with van der Waals surface area (Å²) in [6.45, 7) is 1.78. The zero-order valence-electron chi connectivity index (χ0n) is 20.3. The molecule has 36 heavy (non-hydrogen) atoms. The van der Waals surface area contributed by atoms with E-state index in [0.29, 0.717) is 39.4 Å². The molecule has 1 amide bonds. The number of aryl methyl sites for hydroxylation is 1. The molecule has 3 aromatic carbocycles. The fraction of sp³-hybridized carbons (Fsp3) is 0.179. The molecule has 3 aromatic rings. The second kappa shape index (κ2) is 9.95. The lowest BCUT2D eigenvalue weighted by molar-refractivity contribution is -0.132. The van der Waals surface area contributed by atoms with Crippen LogP contribution in [0.3, 0.4) is 0 Å². The zero-order chi connectivity index (χ0) is 26.0. The minimum atomic E-state index is -0.915. The number of aliphatic hydroxyl groups is 1. The quantitative estimate of drug-likeness (QED) is 0.238. The molecule has 1 unspecified atom stereocenters. The molecule has 184 valence electrons. The van der Waals surface area contributed by atoms with Crippen molar-refractivity contribution in [2.75, 3.05) is 26.2 Å². The summed E-state index contributed by atoms with van der Waals surface area (Å²) in [5.74, 6) is -1.23. The largest absolute Gasteiger partial charge is 0.507 e. The Kier molecular flexibility index (Phi) is 6.78. The van der Waals surface area contributed by atoms with E-state index in [4.69, 9.17) is 14.2 Å². The summed E-state index contributed by atoms with van der Waals surface area (Å²) in [6.07, 6.45) is 0. The van der Waals surface area contributed by atoms with Crippen molar-refractivity contribution >= 4 is 29.1 Å². The van der Waals surface area contributed by atoms with Gasteiger partial charge in [-0.25, -0.2) is 4.79 Å². The molecule has 0 aromatic heterocycles. The number of benzene rings is 3. The Labute approximate surface area is 208 Å². The highest BCUT2D eigenvalue weighted by Crippen LogP contribution is 2.43. The molecule has 4 rings (SSSR count). The molecule has 8 heteroatoms. The number of anilines is 1. The van der Waals surface area contributed by atoms with Gasteiger partial charge in [0.1, 0.15) is 17.3 Å². The van der Waals surface area contributed by atoms with Crippen LogP contribution in [0.4, 0.5) is 5.69 Å². The Morgan fingerprint density at radius 3 is 2.03 bits per heavy atom. The van der Waals surface area contributed by atoms with Crippen molar-refractivity contribution in [3.05, 3.63) is 94.6 Å². The van der Waals surface area contributed by atoms with Crippen LogP contribution in [0.5, 0.6) is 11.5 Å². The van der Waals surface area contributed by atoms with Crippen LogP contribution in [-0.4, -0.2) is 44.1 Å². The number of ketones is 1. The number of aliphatic hydroxyl groups excluding tert-OH is 1. The maximum Gasteiger partial charge on any atom is 0.337 e. The summed E-state index contributed by atoms with van der Waals surface area (Å²) in [6, 6.07) is 17.2. The highest BCUT2D eigenvalue weighted by molar-refractivity contribution is 6.51. The number of carbonyl (C=O) groups excluding carboxylic acids is 3. The summed E-state index contributed by atoms with van der Waals surface area (Å²) in [5, 5.41) is 11.4. The minimum Gasteiger partial charge on any atom is -0.507 e. The van der Waals surface area contributed by atoms with E-state index in [9.17, 15) is 19.5 Å². The molecular weight excluding hydrogens is 462 g/mol. The molecule has 0 radical (unpaired) electrons.